The predicted octanol–water partition coefficient (Wildman–Crippen LogP) is 4.08. The van der Waals surface area contributed by atoms with Gasteiger partial charge in [-0.05, 0) is 73.5 Å². The predicted molar refractivity (Wildman–Crippen MR) is 132 cm³/mol. The normalized spacial score (nSPS) is 22.5. The van der Waals surface area contributed by atoms with Crippen LogP contribution in [0.3, 0.4) is 0 Å². The number of likely N-dealkylation sites (tertiary alicyclic amines) is 1. The van der Waals surface area contributed by atoms with Gasteiger partial charge >= 0.3 is 0 Å². The highest BCUT2D eigenvalue weighted by atomic mass is 19.1. The second-order valence-corrected chi connectivity index (χ2v) is 10.4. The van der Waals surface area contributed by atoms with Gasteiger partial charge in [-0.1, -0.05) is 38.1 Å². The minimum Gasteiger partial charge on any atom is -0.352 e. The quantitative estimate of drug-likeness (QED) is 0.595. The number of nitrogens with one attached hydrogen (secondary N) is 2. The third-order valence-corrected chi connectivity index (χ3v) is 7.52. The van der Waals surface area contributed by atoms with Gasteiger partial charge in [-0.3, -0.25) is 9.59 Å². The van der Waals surface area contributed by atoms with Gasteiger partial charge in [-0.2, -0.15) is 0 Å². The molecule has 2 N–H and O–H groups in total. The first-order valence-electron chi connectivity index (χ1n) is 12.5. The topological polar surface area (TPSA) is 61.4 Å². The summed E-state index contributed by atoms with van der Waals surface area (Å²) < 4.78 is 27.1. The summed E-state index contributed by atoms with van der Waals surface area (Å²) in [5.41, 5.74) is 1.30. The highest BCUT2D eigenvalue weighted by Crippen LogP contribution is 2.39. The number of rotatable bonds is 8. The molecular formula is C28H35F2N3O2. The lowest BCUT2D eigenvalue weighted by atomic mass is 9.89. The summed E-state index contributed by atoms with van der Waals surface area (Å²) >= 11 is 0. The third kappa shape index (κ3) is 5.72. The molecule has 0 aromatic heterocycles. The number of benzene rings is 2. The molecule has 1 aliphatic heterocycles. The maximum Gasteiger partial charge on any atom is 0.239 e. The smallest absolute Gasteiger partial charge is 0.239 e. The van der Waals surface area contributed by atoms with Gasteiger partial charge in [0.15, 0.2) is 0 Å². The summed E-state index contributed by atoms with van der Waals surface area (Å²) in [6, 6.07) is 11.5. The van der Waals surface area contributed by atoms with Gasteiger partial charge < -0.3 is 15.5 Å². The SMILES string of the molecule is CN[C@@H](CC(C)C)C(=O)N1CC2CCC(NC(=O)C(c3ccc(F)cc3)c3ccc(F)cc3)C2C1. The third-order valence-electron chi connectivity index (χ3n) is 7.52. The first-order chi connectivity index (χ1) is 16.8. The van der Waals surface area contributed by atoms with Crippen molar-refractivity contribution in [3.8, 4) is 0 Å². The van der Waals surface area contributed by atoms with Crippen LogP contribution < -0.4 is 10.6 Å². The number of halogens is 2. The Morgan fingerprint density at radius 2 is 1.51 bits per heavy atom. The van der Waals surface area contributed by atoms with Crippen LogP contribution in [0.15, 0.2) is 48.5 Å². The second kappa shape index (κ2) is 10.9. The number of amides is 2. The molecule has 2 aromatic carbocycles. The molecule has 1 saturated heterocycles. The van der Waals surface area contributed by atoms with E-state index in [2.05, 4.69) is 24.5 Å². The molecule has 188 valence electrons. The van der Waals surface area contributed by atoms with E-state index in [1.807, 2.05) is 11.9 Å². The zero-order valence-corrected chi connectivity index (χ0v) is 20.6. The maximum atomic E-state index is 13.6. The minimum atomic E-state index is -0.672. The monoisotopic (exact) mass is 483 g/mol. The van der Waals surface area contributed by atoms with Crippen molar-refractivity contribution >= 4 is 11.8 Å². The average Bonchev–Trinajstić information content (AvgIpc) is 3.41. The van der Waals surface area contributed by atoms with E-state index >= 15 is 0 Å². The lowest BCUT2D eigenvalue weighted by molar-refractivity contribution is -0.133. The Kier molecular flexibility index (Phi) is 7.85. The fourth-order valence-corrected chi connectivity index (χ4v) is 5.73. The van der Waals surface area contributed by atoms with Crippen molar-refractivity contribution in [2.75, 3.05) is 20.1 Å². The number of carbonyl (C=O) groups is 2. The Morgan fingerprint density at radius 3 is 2.03 bits per heavy atom. The molecule has 1 saturated carbocycles. The molecule has 2 aliphatic rings. The number of hydrogen-bond acceptors (Lipinski definition) is 3. The van der Waals surface area contributed by atoms with Crippen LogP contribution in [0.5, 0.6) is 0 Å². The minimum absolute atomic E-state index is 0.0353. The van der Waals surface area contributed by atoms with Gasteiger partial charge in [0.1, 0.15) is 11.6 Å². The lowest BCUT2D eigenvalue weighted by Crippen LogP contribution is -2.46. The van der Waals surface area contributed by atoms with Crippen molar-refractivity contribution in [3.05, 3.63) is 71.3 Å². The molecular weight excluding hydrogens is 448 g/mol. The van der Waals surface area contributed by atoms with Crippen molar-refractivity contribution in [1.29, 1.82) is 0 Å². The molecule has 0 spiro atoms. The molecule has 3 unspecified atom stereocenters. The van der Waals surface area contributed by atoms with Gasteiger partial charge in [0.2, 0.25) is 11.8 Å². The van der Waals surface area contributed by atoms with E-state index in [0.717, 1.165) is 25.8 Å². The number of fused-ring (bicyclic) bond motifs is 1. The van der Waals surface area contributed by atoms with Crippen LogP contribution >= 0.6 is 0 Å². The maximum absolute atomic E-state index is 13.6. The van der Waals surface area contributed by atoms with Crippen LogP contribution in [0.25, 0.3) is 0 Å². The van der Waals surface area contributed by atoms with E-state index in [1.165, 1.54) is 24.3 Å². The Morgan fingerprint density at radius 1 is 0.943 bits per heavy atom. The van der Waals surface area contributed by atoms with Crippen LogP contribution in [0.1, 0.15) is 50.2 Å². The first kappa shape index (κ1) is 25.3. The number of hydrogen-bond donors (Lipinski definition) is 2. The Hall–Kier alpha value is -2.80. The van der Waals surface area contributed by atoms with E-state index < -0.39 is 5.92 Å². The average molecular weight is 484 g/mol. The summed E-state index contributed by atoms with van der Waals surface area (Å²) in [5.74, 6) is -0.480. The molecule has 0 radical (unpaired) electrons. The lowest BCUT2D eigenvalue weighted by Gasteiger charge is -2.27. The Labute approximate surface area is 206 Å². The van der Waals surface area contributed by atoms with Crippen LogP contribution in [-0.2, 0) is 9.59 Å². The van der Waals surface area contributed by atoms with E-state index in [0.29, 0.717) is 29.5 Å². The van der Waals surface area contributed by atoms with Gasteiger partial charge in [-0.25, -0.2) is 8.78 Å². The molecule has 35 heavy (non-hydrogen) atoms. The molecule has 5 nitrogen and oxygen atoms in total. The standard InChI is InChI=1S/C28H35F2N3O2/c1-17(2)14-25(31-3)28(35)33-15-20-8-13-24(23(20)16-33)32-27(34)26(18-4-9-21(29)10-5-18)19-6-11-22(30)12-7-19/h4-7,9-12,17,20,23-26,31H,8,13-16H2,1-3H3,(H,32,34)/t20?,23?,24?,25-/m0/s1. The Balaban J connectivity index is 1.48. The number of carbonyl (C=O) groups excluding carboxylic acids is 2. The number of likely N-dealkylation sites (N-methyl/N-ethyl adjacent to an activating group) is 1. The zero-order chi connectivity index (χ0) is 25.1. The Bertz CT molecular complexity index is 980. The van der Waals surface area contributed by atoms with Crippen LogP contribution in [0.2, 0.25) is 0 Å². The summed E-state index contributed by atoms with van der Waals surface area (Å²) in [6.07, 6.45) is 2.62. The number of nitrogens with zero attached hydrogens (tertiary/aromatic N) is 1. The highest BCUT2D eigenvalue weighted by molar-refractivity contribution is 5.87. The summed E-state index contributed by atoms with van der Waals surface area (Å²) in [5, 5.41) is 6.40. The van der Waals surface area contributed by atoms with E-state index in [1.54, 1.807) is 24.3 Å². The molecule has 4 rings (SSSR count). The van der Waals surface area contributed by atoms with Crippen molar-refractivity contribution in [1.82, 2.24) is 15.5 Å². The van der Waals surface area contributed by atoms with Crippen molar-refractivity contribution in [2.45, 2.75) is 51.1 Å². The van der Waals surface area contributed by atoms with Crippen LogP contribution in [-0.4, -0.2) is 48.9 Å². The first-order valence-corrected chi connectivity index (χ1v) is 12.5. The van der Waals surface area contributed by atoms with Gasteiger partial charge in [0.25, 0.3) is 0 Å². The van der Waals surface area contributed by atoms with Crippen LogP contribution in [0.4, 0.5) is 8.78 Å². The van der Waals surface area contributed by atoms with Crippen molar-refractivity contribution in [2.24, 2.45) is 17.8 Å². The summed E-state index contributed by atoms with van der Waals surface area (Å²) in [6.45, 7) is 5.59. The van der Waals surface area contributed by atoms with Gasteiger partial charge in [-0.15, -0.1) is 0 Å². The van der Waals surface area contributed by atoms with Crippen LogP contribution in [0, 0.1) is 29.4 Å². The van der Waals surface area contributed by atoms with E-state index in [-0.39, 0.29) is 41.5 Å². The van der Waals surface area contributed by atoms with E-state index in [4.69, 9.17) is 0 Å². The molecule has 1 heterocycles. The summed E-state index contributed by atoms with van der Waals surface area (Å²) in [7, 11) is 1.83. The second-order valence-electron chi connectivity index (χ2n) is 10.4. The van der Waals surface area contributed by atoms with E-state index in [9.17, 15) is 18.4 Å². The highest BCUT2D eigenvalue weighted by Gasteiger charge is 2.45. The molecule has 2 amide bonds. The largest absolute Gasteiger partial charge is 0.352 e. The molecule has 2 aromatic rings. The molecule has 0 bridgehead atoms. The van der Waals surface area contributed by atoms with Gasteiger partial charge in [0.05, 0.1) is 12.0 Å². The fourth-order valence-electron chi connectivity index (χ4n) is 5.73. The van der Waals surface area contributed by atoms with Crippen molar-refractivity contribution < 1.29 is 18.4 Å². The summed E-state index contributed by atoms with van der Waals surface area (Å²) in [4.78, 5) is 28.6. The van der Waals surface area contributed by atoms with Crippen molar-refractivity contribution in [3.63, 3.8) is 0 Å². The molecule has 4 atom stereocenters. The molecule has 1 aliphatic carbocycles. The van der Waals surface area contributed by atoms with Gasteiger partial charge in [0, 0.05) is 25.0 Å². The molecule has 7 heteroatoms. The fraction of sp³-hybridized carbons (Fsp3) is 0.500. The zero-order valence-electron chi connectivity index (χ0n) is 20.6. The molecule has 2 fully saturated rings.